The minimum absolute atomic E-state index is 0.0942. The summed E-state index contributed by atoms with van der Waals surface area (Å²) in [5.74, 6) is 0.815. The van der Waals surface area contributed by atoms with Crippen LogP contribution in [0, 0.1) is 0 Å². The highest BCUT2D eigenvalue weighted by atomic mass is 35.5. The van der Waals surface area contributed by atoms with E-state index in [1.165, 1.54) is 0 Å². The Hall–Kier alpha value is -0.770. The van der Waals surface area contributed by atoms with Crippen molar-refractivity contribution in [2.75, 3.05) is 13.4 Å². The second kappa shape index (κ2) is 4.17. The predicted molar refractivity (Wildman–Crippen MR) is 52.5 cm³/mol. The van der Waals surface area contributed by atoms with Crippen LogP contribution in [0.2, 0.25) is 5.02 Å². The number of benzene rings is 1. The van der Waals surface area contributed by atoms with Crippen molar-refractivity contribution in [2.24, 2.45) is 0 Å². The van der Waals surface area contributed by atoms with E-state index in [0.717, 1.165) is 16.9 Å². The fraction of sp³-hybridized carbons (Fsp3) is 0.400. The summed E-state index contributed by atoms with van der Waals surface area (Å²) in [5.41, 5.74) is 1.89. The molecule has 0 fully saturated rings. The molecule has 3 nitrogen and oxygen atoms in total. The Kier molecular flexibility index (Phi) is 2.91. The molecular formula is C10H11ClO3. The lowest BCUT2D eigenvalue weighted by Gasteiger charge is -2.20. The van der Waals surface area contributed by atoms with Gasteiger partial charge in [-0.3, -0.25) is 0 Å². The molecule has 0 saturated carbocycles. The second-order valence-corrected chi connectivity index (χ2v) is 3.57. The summed E-state index contributed by atoms with van der Waals surface area (Å²) in [7, 11) is 0. The second-order valence-electron chi connectivity index (χ2n) is 3.14. The van der Waals surface area contributed by atoms with E-state index in [1.807, 2.05) is 12.1 Å². The minimum atomic E-state index is 0.0942. The zero-order chi connectivity index (χ0) is 9.97. The molecule has 0 radical (unpaired) electrons. The molecule has 0 aliphatic carbocycles. The third-order valence-corrected chi connectivity index (χ3v) is 2.35. The number of aliphatic hydroxyl groups excluding tert-OH is 1. The van der Waals surface area contributed by atoms with Crippen LogP contribution in [0.15, 0.2) is 12.1 Å². The Labute approximate surface area is 87.2 Å². The molecule has 0 spiro atoms. The van der Waals surface area contributed by atoms with Gasteiger partial charge in [-0.15, -0.1) is 0 Å². The van der Waals surface area contributed by atoms with Gasteiger partial charge in [0.05, 0.1) is 6.61 Å². The number of aliphatic hydroxyl groups is 1. The largest absolute Gasteiger partial charge is 0.467 e. The molecule has 0 saturated heterocycles. The number of ether oxygens (including phenoxy) is 2. The van der Waals surface area contributed by atoms with Gasteiger partial charge in [0, 0.05) is 17.2 Å². The summed E-state index contributed by atoms with van der Waals surface area (Å²) < 4.78 is 10.5. The lowest BCUT2D eigenvalue weighted by atomic mass is 10.1. The van der Waals surface area contributed by atoms with Crippen molar-refractivity contribution in [1.82, 2.24) is 0 Å². The maximum Gasteiger partial charge on any atom is 0.189 e. The van der Waals surface area contributed by atoms with Crippen molar-refractivity contribution in [3.8, 4) is 5.75 Å². The quantitative estimate of drug-likeness (QED) is 0.815. The molecule has 1 N–H and O–H groups in total. The Morgan fingerprint density at radius 3 is 3.07 bits per heavy atom. The standard InChI is InChI=1S/C10H11ClO3/c11-9-3-7(1-2-12)10-8(4-9)5-13-6-14-10/h3-4,12H,1-2,5-6H2. The molecule has 0 bridgehead atoms. The van der Waals surface area contributed by atoms with Gasteiger partial charge in [-0.05, 0) is 24.1 Å². The maximum absolute atomic E-state index is 8.88. The molecule has 14 heavy (non-hydrogen) atoms. The predicted octanol–water partition coefficient (Wildman–Crippen LogP) is 1.74. The molecule has 0 atom stereocenters. The number of rotatable bonds is 2. The first-order chi connectivity index (χ1) is 6.81. The SMILES string of the molecule is OCCc1cc(Cl)cc2c1OCOC2. The molecule has 1 aromatic rings. The van der Waals surface area contributed by atoms with Crippen molar-refractivity contribution in [2.45, 2.75) is 13.0 Å². The van der Waals surface area contributed by atoms with Crippen molar-refractivity contribution in [3.63, 3.8) is 0 Å². The highest BCUT2D eigenvalue weighted by molar-refractivity contribution is 6.30. The van der Waals surface area contributed by atoms with Crippen LogP contribution in [-0.2, 0) is 17.8 Å². The summed E-state index contributed by atoms with van der Waals surface area (Å²) in [6.07, 6.45) is 0.558. The maximum atomic E-state index is 8.88. The Balaban J connectivity index is 2.41. The third-order valence-electron chi connectivity index (χ3n) is 2.13. The van der Waals surface area contributed by atoms with E-state index >= 15 is 0 Å². The van der Waals surface area contributed by atoms with E-state index in [0.29, 0.717) is 18.1 Å². The monoisotopic (exact) mass is 214 g/mol. The van der Waals surface area contributed by atoms with E-state index in [9.17, 15) is 0 Å². The minimum Gasteiger partial charge on any atom is -0.467 e. The van der Waals surface area contributed by atoms with E-state index < -0.39 is 0 Å². The summed E-state index contributed by atoms with van der Waals surface area (Å²) in [5, 5.41) is 9.54. The van der Waals surface area contributed by atoms with E-state index in [2.05, 4.69) is 0 Å². The van der Waals surface area contributed by atoms with Crippen molar-refractivity contribution in [3.05, 3.63) is 28.3 Å². The number of fused-ring (bicyclic) bond motifs is 1. The average Bonchev–Trinajstić information content (AvgIpc) is 2.18. The van der Waals surface area contributed by atoms with Gasteiger partial charge >= 0.3 is 0 Å². The van der Waals surface area contributed by atoms with Gasteiger partial charge in [-0.25, -0.2) is 0 Å². The summed E-state index contributed by atoms with van der Waals surface area (Å²) in [6, 6.07) is 3.65. The smallest absolute Gasteiger partial charge is 0.189 e. The Bertz CT molecular complexity index is 338. The lowest BCUT2D eigenvalue weighted by molar-refractivity contribution is -0.0171. The number of halogens is 1. The van der Waals surface area contributed by atoms with Crippen LogP contribution in [0.1, 0.15) is 11.1 Å². The zero-order valence-electron chi connectivity index (χ0n) is 7.62. The van der Waals surface area contributed by atoms with Gasteiger partial charge in [0.1, 0.15) is 5.75 Å². The summed E-state index contributed by atoms with van der Waals surface area (Å²) in [6.45, 7) is 0.887. The molecule has 76 valence electrons. The summed E-state index contributed by atoms with van der Waals surface area (Å²) >= 11 is 5.92. The van der Waals surface area contributed by atoms with Gasteiger partial charge < -0.3 is 14.6 Å². The van der Waals surface area contributed by atoms with Crippen LogP contribution < -0.4 is 4.74 Å². The van der Waals surface area contributed by atoms with Gasteiger partial charge in [-0.1, -0.05) is 11.6 Å². The van der Waals surface area contributed by atoms with Crippen molar-refractivity contribution < 1.29 is 14.6 Å². The zero-order valence-corrected chi connectivity index (χ0v) is 8.38. The Morgan fingerprint density at radius 2 is 2.29 bits per heavy atom. The van der Waals surface area contributed by atoms with Crippen LogP contribution in [0.5, 0.6) is 5.75 Å². The molecule has 1 aliphatic heterocycles. The normalized spacial score (nSPS) is 14.7. The van der Waals surface area contributed by atoms with Gasteiger partial charge in [0.15, 0.2) is 6.79 Å². The van der Waals surface area contributed by atoms with Gasteiger partial charge in [-0.2, -0.15) is 0 Å². The molecule has 2 rings (SSSR count). The molecule has 1 aromatic carbocycles. The Morgan fingerprint density at radius 1 is 1.43 bits per heavy atom. The molecule has 0 unspecified atom stereocenters. The molecular weight excluding hydrogens is 204 g/mol. The highest BCUT2D eigenvalue weighted by Gasteiger charge is 2.15. The van der Waals surface area contributed by atoms with Crippen LogP contribution in [0.3, 0.4) is 0 Å². The average molecular weight is 215 g/mol. The van der Waals surface area contributed by atoms with Crippen molar-refractivity contribution in [1.29, 1.82) is 0 Å². The molecule has 4 heteroatoms. The van der Waals surface area contributed by atoms with Crippen LogP contribution in [0.4, 0.5) is 0 Å². The van der Waals surface area contributed by atoms with Gasteiger partial charge in [0.2, 0.25) is 0 Å². The first-order valence-corrected chi connectivity index (χ1v) is 4.82. The molecule has 0 amide bonds. The fourth-order valence-electron chi connectivity index (χ4n) is 1.56. The van der Waals surface area contributed by atoms with Crippen LogP contribution in [0.25, 0.3) is 0 Å². The van der Waals surface area contributed by atoms with Gasteiger partial charge in [0.25, 0.3) is 0 Å². The van der Waals surface area contributed by atoms with E-state index in [4.69, 9.17) is 26.2 Å². The highest BCUT2D eigenvalue weighted by Crippen LogP contribution is 2.31. The number of hydrogen-bond donors (Lipinski definition) is 1. The van der Waals surface area contributed by atoms with E-state index in [1.54, 1.807) is 0 Å². The molecule has 0 aromatic heterocycles. The lowest BCUT2D eigenvalue weighted by Crippen LogP contribution is -2.13. The molecule has 1 aliphatic rings. The summed E-state index contributed by atoms with van der Waals surface area (Å²) in [4.78, 5) is 0. The van der Waals surface area contributed by atoms with E-state index in [-0.39, 0.29) is 13.4 Å². The number of hydrogen-bond acceptors (Lipinski definition) is 3. The topological polar surface area (TPSA) is 38.7 Å². The first-order valence-electron chi connectivity index (χ1n) is 4.44. The van der Waals surface area contributed by atoms with Crippen LogP contribution in [-0.4, -0.2) is 18.5 Å². The molecule has 1 heterocycles. The fourth-order valence-corrected chi connectivity index (χ4v) is 1.83. The third kappa shape index (κ3) is 1.85. The van der Waals surface area contributed by atoms with Crippen LogP contribution >= 0.6 is 11.6 Å². The first kappa shape index (κ1) is 9.77. The van der Waals surface area contributed by atoms with Crippen molar-refractivity contribution >= 4 is 11.6 Å².